The van der Waals surface area contributed by atoms with Crippen LogP contribution in [0.1, 0.15) is 90.9 Å². The molecule has 5 heterocycles. The Morgan fingerprint density at radius 2 is 1.68 bits per heavy atom. The number of hydrogen-bond acceptors (Lipinski definition) is 9. The first kappa shape index (κ1) is 38.2. The number of benzene rings is 3. The van der Waals surface area contributed by atoms with Gasteiger partial charge in [0.05, 0.1) is 12.6 Å². The summed E-state index contributed by atoms with van der Waals surface area (Å²) in [7, 11) is 0. The van der Waals surface area contributed by atoms with E-state index in [1.807, 2.05) is 24.5 Å². The van der Waals surface area contributed by atoms with E-state index in [2.05, 4.69) is 86.5 Å². The lowest BCUT2D eigenvalue weighted by molar-refractivity contribution is -0.136. The second-order valence-electron chi connectivity index (χ2n) is 15.6. The Labute approximate surface area is 333 Å². The molecule has 4 aliphatic heterocycles. The predicted molar refractivity (Wildman–Crippen MR) is 221 cm³/mol. The van der Waals surface area contributed by atoms with Gasteiger partial charge >= 0.3 is 0 Å². The number of pyridine rings is 1. The van der Waals surface area contributed by atoms with Crippen molar-refractivity contribution in [2.75, 3.05) is 36.1 Å². The summed E-state index contributed by atoms with van der Waals surface area (Å²) >= 11 is 1.80. The second-order valence-corrected chi connectivity index (χ2v) is 16.8. The molecule has 3 amide bonds. The fraction of sp³-hybridized carbons (Fsp3) is 0.422. The molecule has 10 nitrogen and oxygen atoms in total. The van der Waals surface area contributed by atoms with Crippen LogP contribution in [-0.4, -0.2) is 75.1 Å². The summed E-state index contributed by atoms with van der Waals surface area (Å²) in [4.78, 5) is 46.7. The smallest absolute Gasteiger partial charge is 0.255 e. The zero-order valence-corrected chi connectivity index (χ0v) is 32.7. The van der Waals surface area contributed by atoms with E-state index in [0.29, 0.717) is 24.4 Å². The highest BCUT2D eigenvalue weighted by Gasteiger charge is 2.44. The molecule has 0 aliphatic carbocycles. The number of piperidine rings is 1. The number of hydrogen-bond donors (Lipinski definition) is 4. The highest BCUT2D eigenvalue weighted by Crippen LogP contribution is 2.48. The molecule has 4 atom stereocenters. The molecule has 2 fully saturated rings. The quantitative estimate of drug-likeness (QED) is 0.0524. The van der Waals surface area contributed by atoms with Gasteiger partial charge in [0, 0.05) is 72.2 Å². The maximum atomic E-state index is 13.1. The molecule has 8 rings (SSSR count). The number of carbonyl (C=O) groups is 3. The Balaban J connectivity index is 0.773. The number of likely N-dealkylation sites (tertiary alicyclic amines) is 1. The summed E-state index contributed by atoms with van der Waals surface area (Å²) in [5.74, 6) is 0.608. The van der Waals surface area contributed by atoms with Crippen molar-refractivity contribution < 1.29 is 19.5 Å². The van der Waals surface area contributed by atoms with Crippen LogP contribution in [0.25, 0.3) is 11.1 Å². The number of aromatic nitrogens is 1. The number of nitrogens with one attached hydrogen (secondary N) is 3. The standard InChI is InChI=1S/C45H52N6O4S/c52-29-39-35-19-23-50(27-30-17-21-46-22-18-30)43(35)36-26-32(13-14-38(36)48-39)31-9-7-10-33(25-31)47-20-5-3-1-2-4-6-24-56-41-12-8-11-34-37(41)28-51(45(34)55)40-15-16-42(53)49-44(40)54/h7-14,17-18,21-22,25-26,35,39-40,43,47-48,52H,1-6,15-16,19-20,23-24,27-29H2,(H,49,53,54)/t35-,39-,40?,43-/m1/s1. The van der Waals surface area contributed by atoms with Crippen LogP contribution < -0.4 is 16.0 Å². The summed E-state index contributed by atoms with van der Waals surface area (Å²) < 4.78 is 0. The van der Waals surface area contributed by atoms with Gasteiger partial charge in [-0.3, -0.25) is 29.6 Å². The van der Waals surface area contributed by atoms with Crippen molar-refractivity contribution >= 4 is 40.9 Å². The lowest BCUT2D eigenvalue weighted by atomic mass is 9.82. The summed E-state index contributed by atoms with van der Waals surface area (Å²) in [6.45, 7) is 3.38. The second kappa shape index (κ2) is 17.6. The minimum Gasteiger partial charge on any atom is -0.394 e. The Morgan fingerprint density at radius 1 is 0.875 bits per heavy atom. The maximum absolute atomic E-state index is 13.1. The monoisotopic (exact) mass is 772 g/mol. The van der Waals surface area contributed by atoms with Gasteiger partial charge in [-0.2, -0.15) is 0 Å². The number of amides is 3. The highest BCUT2D eigenvalue weighted by atomic mass is 32.2. The number of imide groups is 1. The molecule has 0 saturated carbocycles. The summed E-state index contributed by atoms with van der Waals surface area (Å²) in [5, 5.41) is 20.0. The molecule has 4 aromatic rings. The van der Waals surface area contributed by atoms with Crippen molar-refractivity contribution in [3.05, 3.63) is 107 Å². The van der Waals surface area contributed by atoms with Crippen molar-refractivity contribution in [1.82, 2.24) is 20.1 Å². The summed E-state index contributed by atoms with van der Waals surface area (Å²) in [6, 6.07) is 25.3. The molecule has 56 heavy (non-hydrogen) atoms. The lowest BCUT2D eigenvalue weighted by Gasteiger charge is -2.39. The first-order chi connectivity index (χ1) is 27.5. The van der Waals surface area contributed by atoms with Gasteiger partial charge in [0.1, 0.15) is 6.04 Å². The third-order valence-corrected chi connectivity index (χ3v) is 13.2. The van der Waals surface area contributed by atoms with Crippen LogP contribution in [0.3, 0.4) is 0 Å². The number of carbonyl (C=O) groups excluding carboxylic acids is 3. The molecule has 4 N–H and O–H groups in total. The molecule has 4 aliphatic rings. The number of nitrogens with zero attached hydrogens (tertiary/aromatic N) is 3. The minimum atomic E-state index is -0.581. The SMILES string of the molecule is O=C1CCC(N2Cc3c(SCCCCCCCCNc4cccc(-c5ccc6c(c5)[C@H]5[C@H](CCN5Cc5ccncc5)[C@@H](CO)N6)c4)cccc3C2=O)C(=O)N1. The number of thioether (sulfide) groups is 1. The number of unbranched alkanes of at least 4 members (excludes halogenated alkanes) is 5. The largest absolute Gasteiger partial charge is 0.394 e. The first-order valence-electron chi connectivity index (χ1n) is 20.3. The van der Waals surface area contributed by atoms with Crippen LogP contribution in [0, 0.1) is 5.92 Å². The molecular formula is C45H52N6O4S. The van der Waals surface area contributed by atoms with E-state index < -0.39 is 6.04 Å². The molecule has 1 aromatic heterocycles. The van der Waals surface area contributed by atoms with E-state index in [0.717, 1.165) is 66.5 Å². The van der Waals surface area contributed by atoms with Crippen molar-refractivity contribution in [3.8, 4) is 11.1 Å². The molecule has 0 spiro atoms. The third kappa shape index (κ3) is 8.36. The fourth-order valence-electron chi connectivity index (χ4n) is 9.09. The van der Waals surface area contributed by atoms with Gasteiger partial charge < -0.3 is 20.6 Å². The molecule has 292 valence electrons. The van der Waals surface area contributed by atoms with Gasteiger partial charge in [-0.15, -0.1) is 11.8 Å². The van der Waals surface area contributed by atoms with Gasteiger partial charge in [-0.25, -0.2) is 0 Å². The Bertz CT molecular complexity index is 2040. The average Bonchev–Trinajstić information content (AvgIpc) is 3.79. The normalized spacial score (nSPS) is 21.7. The van der Waals surface area contributed by atoms with E-state index in [1.165, 1.54) is 47.9 Å². The van der Waals surface area contributed by atoms with E-state index >= 15 is 0 Å². The lowest BCUT2D eigenvalue weighted by Crippen LogP contribution is -2.52. The Hall–Kier alpha value is -4.71. The van der Waals surface area contributed by atoms with E-state index in [9.17, 15) is 19.5 Å². The molecule has 0 radical (unpaired) electrons. The zero-order valence-electron chi connectivity index (χ0n) is 31.9. The van der Waals surface area contributed by atoms with Gasteiger partial charge in [0.2, 0.25) is 11.8 Å². The van der Waals surface area contributed by atoms with Crippen LogP contribution in [-0.2, 0) is 22.7 Å². The molecule has 11 heteroatoms. The van der Waals surface area contributed by atoms with E-state index in [4.69, 9.17) is 0 Å². The topological polar surface area (TPSA) is 127 Å². The molecule has 3 aromatic carbocycles. The van der Waals surface area contributed by atoms with Crippen molar-refractivity contribution in [2.24, 2.45) is 5.92 Å². The van der Waals surface area contributed by atoms with Crippen LogP contribution in [0.5, 0.6) is 0 Å². The van der Waals surface area contributed by atoms with Gasteiger partial charge in [0.25, 0.3) is 5.91 Å². The van der Waals surface area contributed by atoms with Crippen molar-refractivity contribution in [1.29, 1.82) is 0 Å². The minimum absolute atomic E-state index is 0.0603. The molecule has 0 bridgehead atoms. The molecule has 1 unspecified atom stereocenters. The van der Waals surface area contributed by atoms with Crippen molar-refractivity contribution in [2.45, 2.75) is 93.9 Å². The Kier molecular flexibility index (Phi) is 12.0. The maximum Gasteiger partial charge on any atom is 0.255 e. The highest BCUT2D eigenvalue weighted by molar-refractivity contribution is 7.99. The fourth-order valence-corrected chi connectivity index (χ4v) is 10.2. The third-order valence-electron chi connectivity index (χ3n) is 12.0. The average molecular weight is 773 g/mol. The summed E-state index contributed by atoms with van der Waals surface area (Å²) in [5.41, 5.74) is 8.95. The van der Waals surface area contributed by atoms with Crippen LogP contribution in [0.4, 0.5) is 11.4 Å². The van der Waals surface area contributed by atoms with Crippen LogP contribution in [0.2, 0.25) is 0 Å². The molecule has 2 saturated heterocycles. The van der Waals surface area contributed by atoms with Gasteiger partial charge in [-0.1, -0.05) is 49.9 Å². The summed E-state index contributed by atoms with van der Waals surface area (Å²) in [6.07, 6.45) is 12.5. The predicted octanol–water partition coefficient (Wildman–Crippen LogP) is 7.40. The van der Waals surface area contributed by atoms with Gasteiger partial charge in [-0.05, 0) is 114 Å². The van der Waals surface area contributed by atoms with Crippen molar-refractivity contribution in [3.63, 3.8) is 0 Å². The van der Waals surface area contributed by atoms with Gasteiger partial charge in [0.15, 0.2) is 0 Å². The van der Waals surface area contributed by atoms with E-state index in [-0.39, 0.29) is 42.8 Å². The number of fused-ring (bicyclic) bond motifs is 4. The van der Waals surface area contributed by atoms with E-state index in [1.54, 1.807) is 16.7 Å². The van der Waals surface area contributed by atoms with Crippen LogP contribution >= 0.6 is 11.8 Å². The Morgan fingerprint density at radius 3 is 2.52 bits per heavy atom. The number of aliphatic hydroxyl groups is 1. The number of aliphatic hydroxyl groups excluding tert-OH is 1. The zero-order chi connectivity index (χ0) is 38.4. The van der Waals surface area contributed by atoms with Crippen LogP contribution in [0.15, 0.2) is 90.1 Å². The number of rotatable bonds is 16. The first-order valence-corrected chi connectivity index (χ1v) is 21.3. The molecular weight excluding hydrogens is 721 g/mol. The number of anilines is 2.